The molecule has 6 heteroatoms. The molecule has 1 saturated heterocycles. The molecular weight excluding hydrogens is 358 g/mol. The Kier molecular flexibility index (Phi) is 4.83. The van der Waals surface area contributed by atoms with Crippen molar-refractivity contribution in [3.8, 4) is 0 Å². The molecule has 0 aromatic heterocycles. The Morgan fingerprint density at radius 2 is 1.96 bits per heavy atom. The van der Waals surface area contributed by atoms with E-state index >= 15 is 0 Å². The Morgan fingerprint density at radius 1 is 1.19 bits per heavy atom. The van der Waals surface area contributed by atoms with E-state index in [1.165, 1.54) is 30.3 Å². The summed E-state index contributed by atoms with van der Waals surface area (Å²) < 4.78 is 0. The van der Waals surface area contributed by atoms with Crippen molar-refractivity contribution < 1.29 is 9.59 Å². The minimum Gasteiger partial charge on any atom is -0.372 e. The maximum absolute atomic E-state index is 12.7. The second-order valence-electron chi connectivity index (χ2n) is 7.11. The van der Waals surface area contributed by atoms with Crippen LogP contribution in [0.4, 0.5) is 17.1 Å². The summed E-state index contributed by atoms with van der Waals surface area (Å²) in [5.41, 5.74) is 4.31. The number of nitrogens with one attached hydrogen (secondary N) is 2. The number of rotatable bonds is 3. The van der Waals surface area contributed by atoms with E-state index < -0.39 is 0 Å². The lowest BCUT2D eigenvalue weighted by molar-refractivity contribution is -0.115. The van der Waals surface area contributed by atoms with Crippen LogP contribution < -0.4 is 15.5 Å². The Morgan fingerprint density at radius 3 is 2.70 bits per heavy atom. The van der Waals surface area contributed by atoms with Crippen LogP contribution in [0.2, 0.25) is 0 Å². The van der Waals surface area contributed by atoms with Crippen molar-refractivity contribution in [2.75, 3.05) is 28.6 Å². The monoisotopic (exact) mass is 381 g/mol. The second kappa shape index (κ2) is 7.27. The summed E-state index contributed by atoms with van der Waals surface area (Å²) >= 11 is 1.51. The van der Waals surface area contributed by atoms with E-state index in [0.717, 1.165) is 29.2 Å². The van der Waals surface area contributed by atoms with Gasteiger partial charge in [-0.3, -0.25) is 9.59 Å². The number of hydrogen-bond donors (Lipinski definition) is 2. The number of nitrogens with zero attached hydrogens (tertiary/aromatic N) is 1. The molecule has 1 fully saturated rings. The Labute approximate surface area is 163 Å². The van der Waals surface area contributed by atoms with Gasteiger partial charge in [-0.1, -0.05) is 0 Å². The predicted molar refractivity (Wildman–Crippen MR) is 111 cm³/mol. The van der Waals surface area contributed by atoms with Crippen molar-refractivity contribution in [1.82, 2.24) is 0 Å². The van der Waals surface area contributed by atoms with Gasteiger partial charge < -0.3 is 15.5 Å². The Hall–Kier alpha value is -2.47. The molecule has 2 heterocycles. The van der Waals surface area contributed by atoms with Gasteiger partial charge in [-0.25, -0.2) is 0 Å². The van der Waals surface area contributed by atoms with Crippen molar-refractivity contribution in [2.24, 2.45) is 0 Å². The van der Waals surface area contributed by atoms with E-state index in [1.54, 1.807) is 12.1 Å². The SMILES string of the molecule is Cc1cc(N2CCCC2)ccc1NC(=O)c1ccc2c(c1)NC(=O)C(C)S2. The molecule has 1 atom stereocenters. The molecule has 2 N–H and O–H groups in total. The van der Waals surface area contributed by atoms with Crippen LogP contribution in [0.3, 0.4) is 0 Å². The van der Waals surface area contributed by atoms with Crippen molar-refractivity contribution in [3.05, 3.63) is 47.5 Å². The summed E-state index contributed by atoms with van der Waals surface area (Å²) in [4.78, 5) is 27.9. The molecule has 5 nitrogen and oxygen atoms in total. The first-order valence-electron chi connectivity index (χ1n) is 9.30. The lowest BCUT2D eigenvalue weighted by atomic mass is 10.1. The highest BCUT2D eigenvalue weighted by atomic mass is 32.2. The lowest BCUT2D eigenvalue weighted by Crippen LogP contribution is -2.26. The van der Waals surface area contributed by atoms with Gasteiger partial charge >= 0.3 is 0 Å². The zero-order valence-electron chi connectivity index (χ0n) is 15.5. The number of benzene rings is 2. The van der Waals surface area contributed by atoms with Crippen molar-refractivity contribution >= 4 is 40.6 Å². The zero-order valence-corrected chi connectivity index (χ0v) is 16.4. The van der Waals surface area contributed by atoms with Crippen LogP contribution in [0, 0.1) is 6.92 Å². The summed E-state index contributed by atoms with van der Waals surface area (Å²) in [6, 6.07) is 11.6. The molecule has 0 saturated carbocycles. The third kappa shape index (κ3) is 3.67. The second-order valence-corrected chi connectivity index (χ2v) is 8.49. The average Bonchev–Trinajstić information content (AvgIpc) is 3.18. The molecule has 2 aromatic carbocycles. The van der Waals surface area contributed by atoms with E-state index in [-0.39, 0.29) is 17.1 Å². The van der Waals surface area contributed by atoms with Gasteiger partial charge in [-0.2, -0.15) is 0 Å². The van der Waals surface area contributed by atoms with Crippen LogP contribution in [0.5, 0.6) is 0 Å². The molecular formula is C21H23N3O2S. The van der Waals surface area contributed by atoms with Gasteiger partial charge in [0, 0.05) is 34.9 Å². The molecule has 4 rings (SSSR count). The molecule has 0 spiro atoms. The van der Waals surface area contributed by atoms with Crippen molar-refractivity contribution in [3.63, 3.8) is 0 Å². The molecule has 0 bridgehead atoms. The third-order valence-corrected chi connectivity index (χ3v) is 6.28. The molecule has 2 aliphatic rings. The molecule has 27 heavy (non-hydrogen) atoms. The van der Waals surface area contributed by atoms with Crippen LogP contribution in [0.25, 0.3) is 0 Å². The number of anilines is 3. The van der Waals surface area contributed by atoms with Gasteiger partial charge in [0.2, 0.25) is 5.91 Å². The van der Waals surface area contributed by atoms with E-state index in [2.05, 4.69) is 27.7 Å². The summed E-state index contributed by atoms with van der Waals surface area (Å²) in [5, 5.41) is 5.75. The normalized spacial score (nSPS) is 18.8. The van der Waals surface area contributed by atoms with E-state index in [0.29, 0.717) is 11.3 Å². The summed E-state index contributed by atoms with van der Waals surface area (Å²) in [5.74, 6) is -0.203. The number of fused-ring (bicyclic) bond motifs is 1. The van der Waals surface area contributed by atoms with E-state index in [1.807, 2.05) is 26.0 Å². The summed E-state index contributed by atoms with van der Waals surface area (Å²) in [6.07, 6.45) is 2.48. The first-order valence-corrected chi connectivity index (χ1v) is 10.2. The van der Waals surface area contributed by atoms with Crippen molar-refractivity contribution in [2.45, 2.75) is 36.8 Å². The van der Waals surface area contributed by atoms with Crippen LogP contribution in [0.1, 0.15) is 35.7 Å². The highest BCUT2D eigenvalue weighted by molar-refractivity contribution is 8.00. The standard InChI is InChI=1S/C21H23N3O2S/c1-13-11-16(24-9-3-4-10-24)6-7-17(13)22-21(26)15-5-8-19-18(12-15)23-20(25)14(2)27-19/h5-8,11-12,14H,3-4,9-10H2,1-2H3,(H,22,26)(H,23,25). The predicted octanol–water partition coefficient (Wildman–Crippen LogP) is 4.28. The average molecular weight is 382 g/mol. The third-order valence-electron chi connectivity index (χ3n) is 5.10. The Bertz CT molecular complexity index is 906. The summed E-state index contributed by atoms with van der Waals surface area (Å²) in [6.45, 7) is 6.09. The maximum Gasteiger partial charge on any atom is 0.255 e. The minimum atomic E-state index is -0.173. The molecule has 0 aliphatic carbocycles. The molecule has 0 radical (unpaired) electrons. The number of thioether (sulfide) groups is 1. The minimum absolute atomic E-state index is 0.0293. The summed E-state index contributed by atoms with van der Waals surface area (Å²) in [7, 11) is 0. The largest absolute Gasteiger partial charge is 0.372 e. The van der Waals surface area contributed by atoms with Crippen LogP contribution in [0.15, 0.2) is 41.3 Å². The fraction of sp³-hybridized carbons (Fsp3) is 0.333. The number of carbonyl (C=O) groups is 2. The first kappa shape index (κ1) is 17.9. The van der Waals surface area contributed by atoms with Crippen LogP contribution in [-0.4, -0.2) is 30.2 Å². The fourth-order valence-corrected chi connectivity index (χ4v) is 4.44. The molecule has 2 amide bonds. The highest BCUT2D eigenvalue weighted by Gasteiger charge is 2.24. The Balaban J connectivity index is 1.51. The van der Waals surface area contributed by atoms with Gasteiger partial charge in [0.1, 0.15) is 0 Å². The molecule has 1 unspecified atom stereocenters. The zero-order chi connectivity index (χ0) is 19.0. The van der Waals surface area contributed by atoms with Crippen molar-refractivity contribution in [1.29, 1.82) is 0 Å². The quantitative estimate of drug-likeness (QED) is 0.833. The van der Waals surface area contributed by atoms with Crippen LogP contribution in [-0.2, 0) is 4.79 Å². The van der Waals surface area contributed by atoms with Gasteiger partial charge in [-0.15, -0.1) is 11.8 Å². The molecule has 140 valence electrons. The lowest BCUT2D eigenvalue weighted by Gasteiger charge is -2.22. The first-order chi connectivity index (χ1) is 13.0. The topological polar surface area (TPSA) is 61.4 Å². The number of amides is 2. The van der Waals surface area contributed by atoms with Gasteiger partial charge in [-0.05, 0) is 68.7 Å². The number of carbonyl (C=O) groups excluding carboxylic acids is 2. The van der Waals surface area contributed by atoms with Gasteiger partial charge in [0.05, 0.1) is 10.9 Å². The van der Waals surface area contributed by atoms with Gasteiger partial charge in [0.25, 0.3) is 5.91 Å². The van der Waals surface area contributed by atoms with E-state index in [4.69, 9.17) is 0 Å². The van der Waals surface area contributed by atoms with Gasteiger partial charge in [0.15, 0.2) is 0 Å². The van der Waals surface area contributed by atoms with E-state index in [9.17, 15) is 9.59 Å². The molecule has 2 aliphatic heterocycles. The number of aryl methyl sites for hydroxylation is 1. The highest BCUT2D eigenvalue weighted by Crippen LogP contribution is 2.36. The fourth-order valence-electron chi connectivity index (χ4n) is 3.50. The molecule has 2 aromatic rings. The maximum atomic E-state index is 12.7. The number of hydrogen-bond acceptors (Lipinski definition) is 4. The smallest absolute Gasteiger partial charge is 0.255 e. The van der Waals surface area contributed by atoms with Crippen LogP contribution >= 0.6 is 11.8 Å².